The molecule has 0 unspecified atom stereocenters. The fourth-order valence-corrected chi connectivity index (χ4v) is 9.20. The number of para-hydroxylation sites is 3. The molecule has 1 aliphatic carbocycles. The maximum absolute atomic E-state index is 4.96. The van der Waals surface area contributed by atoms with E-state index in [4.69, 9.17) is 9.97 Å². The minimum Gasteiger partial charge on any atom is -0.309 e. The molecule has 10 aromatic rings. The Morgan fingerprint density at radius 1 is 0.375 bits per heavy atom. The molecule has 7 aromatic carbocycles. The van der Waals surface area contributed by atoms with Crippen LogP contribution in [0.1, 0.15) is 43.6 Å². The lowest BCUT2D eigenvalue weighted by Crippen LogP contribution is -2.04. The summed E-state index contributed by atoms with van der Waals surface area (Å²) in [6, 6.07) is 59.6. The Bertz CT molecular complexity index is 3020. The van der Waals surface area contributed by atoms with Crippen LogP contribution in [0.2, 0.25) is 0 Å². The van der Waals surface area contributed by atoms with Crippen LogP contribution in [0.5, 0.6) is 0 Å². The standard InChI is InChI=1S/C52H40N4/c1-3-11-35(12-4-1)36-19-21-37(22-20-36)38-23-25-39(26-24-38)42-33-53-52(54-34-42)56-49-18-10-8-16-45(49)47-31-40(28-30-50(47)56)41-27-29-46-44-15-7-9-17-48(44)55(51(46)32-41)43-13-5-2-6-14-43/h2,5-10,13-35H,1,3-4,11-12H2. The second-order valence-electron chi connectivity index (χ2n) is 15.3. The van der Waals surface area contributed by atoms with Gasteiger partial charge in [0, 0.05) is 45.2 Å². The normalized spacial score (nSPS) is 13.6. The predicted octanol–water partition coefficient (Wildman–Crippen LogP) is 13.7. The number of rotatable bonds is 6. The Morgan fingerprint density at radius 3 is 1.61 bits per heavy atom. The van der Waals surface area contributed by atoms with Crippen molar-refractivity contribution in [2.75, 3.05) is 0 Å². The first kappa shape index (κ1) is 32.6. The van der Waals surface area contributed by atoms with E-state index in [2.05, 4.69) is 173 Å². The van der Waals surface area contributed by atoms with E-state index in [1.165, 1.54) is 92.5 Å². The Hall–Kier alpha value is -6.78. The van der Waals surface area contributed by atoms with Gasteiger partial charge in [0.1, 0.15) is 0 Å². The molecular formula is C52H40N4. The summed E-state index contributed by atoms with van der Waals surface area (Å²) in [6.45, 7) is 0. The van der Waals surface area contributed by atoms with Gasteiger partial charge in [-0.2, -0.15) is 0 Å². The van der Waals surface area contributed by atoms with Gasteiger partial charge in [0.25, 0.3) is 0 Å². The summed E-state index contributed by atoms with van der Waals surface area (Å²) in [5.74, 6) is 1.39. The van der Waals surface area contributed by atoms with Crippen molar-refractivity contribution in [2.45, 2.75) is 38.0 Å². The monoisotopic (exact) mass is 720 g/mol. The molecule has 1 aliphatic rings. The van der Waals surface area contributed by atoms with E-state index < -0.39 is 0 Å². The molecular weight excluding hydrogens is 681 g/mol. The summed E-state index contributed by atoms with van der Waals surface area (Å²) in [5, 5.41) is 4.87. The van der Waals surface area contributed by atoms with Crippen molar-refractivity contribution >= 4 is 43.6 Å². The molecule has 3 aromatic heterocycles. The van der Waals surface area contributed by atoms with Crippen LogP contribution < -0.4 is 0 Å². The molecule has 0 N–H and O–H groups in total. The molecule has 3 heterocycles. The zero-order chi connectivity index (χ0) is 37.0. The van der Waals surface area contributed by atoms with Crippen molar-refractivity contribution in [2.24, 2.45) is 0 Å². The van der Waals surface area contributed by atoms with Crippen LogP contribution in [0.15, 0.2) is 176 Å². The number of hydrogen-bond donors (Lipinski definition) is 0. The SMILES string of the molecule is c1ccc(-n2c3ccccc3c3ccc(-c4ccc5c(c4)c4ccccc4n5-c4ncc(-c5ccc(-c6ccc(C7CCCCC7)cc6)cc5)cn4)cc32)cc1. The minimum absolute atomic E-state index is 0.663. The summed E-state index contributed by atoms with van der Waals surface area (Å²) in [5.41, 5.74) is 14.2. The van der Waals surface area contributed by atoms with E-state index in [0.29, 0.717) is 5.95 Å². The van der Waals surface area contributed by atoms with E-state index in [0.717, 1.165) is 33.8 Å². The van der Waals surface area contributed by atoms with E-state index in [-0.39, 0.29) is 0 Å². The zero-order valence-corrected chi connectivity index (χ0v) is 31.1. The van der Waals surface area contributed by atoms with E-state index in [9.17, 15) is 0 Å². The third-order valence-electron chi connectivity index (χ3n) is 12.1. The highest BCUT2D eigenvalue weighted by atomic mass is 15.1. The first-order valence-corrected chi connectivity index (χ1v) is 19.9. The van der Waals surface area contributed by atoms with Crippen molar-refractivity contribution in [1.29, 1.82) is 0 Å². The molecule has 1 fully saturated rings. The molecule has 0 atom stereocenters. The van der Waals surface area contributed by atoms with Crippen LogP contribution in [-0.2, 0) is 0 Å². The largest absolute Gasteiger partial charge is 0.309 e. The third kappa shape index (κ3) is 5.52. The summed E-state index contributed by atoms with van der Waals surface area (Å²) in [4.78, 5) is 9.91. The third-order valence-corrected chi connectivity index (χ3v) is 12.1. The van der Waals surface area contributed by atoms with E-state index in [1.54, 1.807) is 0 Å². The number of benzene rings is 7. The summed E-state index contributed by atoms with van der Waals surface area (Å²) < 4.78 is 4.57. The predicted molar refractivity (Wildman–Crippen MR) is 233 cm³/mol. The lowest BCUT2D eigenvalue weighted by molar-refractivity contribution is 0.443. The van der Waals surface area contributed by atoms with Gasteiger partial charge in [-0.3, -0.25) is 4.57 Å². The molecule has 0 amide bonds. The smallest absolute Gasteiger partial charge is 0.234 e. The molecule has 0 bridgehead atoms. The molecule has 4 heteroatoms. The second kappa shape index (κ2) is 13.5. The van der Waals surface area contributed by atoms with Crippen LogP contribution in [0.25, 0.3) is 88.6 Å². The topological polar surface area (TPSA) is 35.6 Å². The van der Waals surface area contributed by atoms with Gasteiger partial charge in [-0.05, 0) is 94.6 Å². The molecule has 56 heavy (non-hydrogen) atoms. The van der Waals surface area contributed by atoms with E-state index in [1.807, 2.05) is 12.4 Å². The number of aromatic nitrogens is 4. The average molecular weight is 721 g/mol. The number of nitrogens with zero attached hydrogens (tertiary/aromatic N) is 4. The summed E-state index contributed by atoms with van der Waals surface area (Å²) in [6.07, 6.45) is 10.7. The zero-order valence-electron chi connectivity index (χ0n) is 31.1. The van der Waals surface area contributed by atoms with Crippen molar-refractivity contribution < 1.29 is 0 Å². The lowest BCUT2D eigenvalue weighted by atomic mass is 9.83. The van der Waals surface area contributed by atoms with Gasteiger partial charge in [0.2, 0.25) is 5.95 Å². The van der Waals surface area contributed by atoms with Gasteiger partial charge in [-0.1, -0.05) is 141 Å². The number of fused-ring (bicyclic) bond motifs is 6. The van der Waals surface area contributed by atoms with Crippen LogP contribution in [-0.4, -0.2) is 19.1 Å². The van der Waals surface area contributed by atoms with Gasteiger partial charge in [-0.25, -0.2) is 9.97 Å². The quantitative estimate of drug-likeness (QED) is 0.171. The van der Waals surface area contributed by atoms with Crippen LogP contribution >= 0.6 is 0 Å². The Morgan fingerprint density at radius 2 is 0.893 bits per heavy atom. The molecule has 11 rings (SSSR count). The van der Waals surface area contributed by atoms with Crippen molar-refractivity contribution in [3.05, 3.63) is 182 Å². The van der Waals surface area contributed by atoms with Crippen LogP contribution in [0, 0.1) is 0 Å². The number of hydrogen-bond acceptors (Lipinski definition) is 2. The molecule has 1 saturated carbocycles. The fourth-order valence-electron chi connectivity index (χ4n) is 9.20. The Balaban J connectivity index is 0.924. The Labute approximate surface area is 326 Å². The first-order valence-electron chi connectivity index (χ1n) is 19.9. The molecule has 0 aliphatic heterocycles. The van der Waals surface area contributed by atoms with Gasteiger partial charge < -0.3 is 4.57 Å². The molecule has 0 spiro atoms. The van der Waals surface area contributed by atoms with Crippen LogP contribution in [0.3, 0.4) is 0 Å². The maximum atomic E-state index is 4.96. The minimum atomic E-state index is 0.663. The van der Waals surface area contributed by atoms with Gasteiger partial charge >= 0.3 is 0 Å². The molecule has 0 saturated heterocycles. The summed E-state index contributed by atoms with van der Waals surface area (Å²) in [7, 11) is 0. The highest BCUT2D eigenvalue weighted by Gasteiger charge is 2.18. The lowest BCUT2D eigenvalue weighted by Gasteiger charge is -2.22. The van der Waals surface area contributed by atoms with Crippen molar-refractivity contribution in [3.63, 3.8) is 0 Å². The van der Waals surface area contributed by atoms with Crippen molar-refractivity contribution in [1.82, 2.24) is 19.1 Å². The van der Waals surface area contributed by atoms with Gasteiger partial charge in [-0.15, -0.1) is 0 Å². The fraction of sp³-hybridized carbons (Fsp3) is 0.115. The van der Waals surface area contributed by atoms with Crippen LogP contribution in [0.4, 0.5) is 0 Å². The highest BCUT2D eigenvalue weighted by molar-refractivity contribution is 6.12. The highest BCUT2D eigenvalue weighted by Crippen LogP contribution is 2.38. The van der Waals surface area contributed by atoms with Crippen molar-refractivity contribution in [3.8, 4) is 45.0 Å². The molecule has 0 radical (unpaired) electrons. The average Bonchev–Trinajstić information content (AvgIpc) is 3.79. The Kier molecular flexibility index (Phi) is 7.87. The maximum Gasteiger partial charge on any atom is 0.234 e. The first-order chi connectivity index (χ1) is 27.8. The van der Waals surface area contributed by atoms with E-state index >= 15 is 0 Å². The van der Waals surface area contributed by atoms with Gasteiger partial charge in [0.15, 0.2) is 0 Å². The van der Waals surface area contributed by atoms with Gasteiger partial charge in [0.05, 0.1) is 22.1 Å². The second-order valence-corrected chi connectivity index (χ2v) is 15.3. The molecule has 4 nitrogen and oxygen atoms in total. The molecule has 268 valence electrons. The summed E-state index contributed by atoms with van der Waals surface area (Å²) >= 11 is 0.